The maximum Gasteiger partial charge on any atom is 0.354 e. The highest BCUT2D eigenvalue weighted by Gasteiger charge is 2.11. The topological polar surface area (TPSA) is 82.6 Å². The Morgan fingerprint density at radius 2 is 1.93 bits per heavy atom. The van der Waals surface area contributed by atoms with E-state index in [1.165, 1.54) is 19.2 Å². The zero-order chi connectivity index (χ0) is 11.0. The third-order valence-electron chi connectivity index (χ3n) is 2.12. The van der Waals surface area contributed by atoms with Gasteiger partial charge in [-0.2, -0.15) is 0 Å². The van der Waals surface area contributed by atoms with E-state index in [0.717, 1.165) is 0 Å². The molecule has 0 saturated heterocycles. The van der Waals surface area contributed by atoms with Gasteiger partial charge in [0.2, 0.25) is 0 Å². The molecule has 0 spiro atoms. The van der Waals surface area contributed by atoms with Crippen LogP contribution in [0.5, 0.6) is 11.5 Å². The smallest absolute Gasteiger partial charge is 0.354 e. The lowest BCUT2D eigenvalue weighted by Gasteiger charge is -1.95. The molecule has 0 radical (unpaired) electrons. The fourth-order valence-electron chi connectivity index (χ4n) is 1.38. The Bertz CT molecular complexity index is 490. The van der Waals surface area contributed by atoms with Gasteiger partial charge in [0.15, 0.2) is 11.5 Å². The summed E-state index contributed by atoms with van der Waals surface area (Å²) in [5, 5.41) is 19.1. The van der Waals surface area contributed by atoms with E-state index in [9.17, 15) is 15.0 Å². The van der Waals surface area contributed by atoms with Crippen molar-refractivity contribution in [3.8, 4) is 11.5 Å². The second-order valence-electron chi connectivity index (χ2n) is 3.10. The Kier molecular flexibility index (Phi) is 2.00. The van der Waals surface area contributed by atoms with Gasteiger partial charge in [-0.25, -0.2) is 4.79 Å². The number of aromatic amines is 1. The SMILES string of the molecule is COC(=O)c1cc2cc(O)c(O)cc2[nH]1. The lowest BCUT2D eigenvalue weighted by molar-refractivity contribution is 0.0595. The first-order valence-corrected chi connectivity index (χ1v) is 4.25. The molecule has 0 bridgehead atoms. The van der Waals surface area contributed by atoms with Crippen molar-refractivity contribution in [2.45, 2.75) is 0 Å². The van der Waals surface area contributed by atoms with Crippen LogP contribution < -0.4 is 0 Å². The van der Waals surface area contributed by atoms with Crippen molar-refractivity contribution in [3.05, 3.63) is 23.9 Å². The van der Waals surface area contributed by atoms with Crippen molar-refractivity contribution < 1.29 is 19.7 Å². The van der Waals surface area contributed by atoms with E-state index in [2.05, 4.69) is 9.72 Å². The van der Waals surface area contributed by atoms with Crippen LogP contribution in [0.4, 0.5) is 0 Å². The fourth-order valence-corrected chi connectivity index (χ4v) is 1.38. The van der Waals surface area contributed by atoms with Gasteiger partial charge in [0, 0.05) is 11.5 Å². The van der Waals surface area contributed by atoms with Crippen LogP contribution in [0.15, 0.2) is 18.2 Å². The highest BCUT2D eigenvalue weighted by Crippen LogP contribution is 2.30. The first kappa shape index (κ1) is 9.39. The molecule has 0 aliphatic heterocycles. The summed E-state index contributed by atoms with van der Waals surface area (Å²) in [6, 6.07) is 4.26. The van der Waals surface area contributed by atoms with Crippen LogP contribution in [-0.4, -0.2) is 28.3 Å². The summed E-state index contributed by atoms with van der Waals surface area (Å²) in [6.07, 6.45) is 0. The first-order valence-electron chi connectivity index (χ1n) is 4.25. The number of ether oxygens (including phenoxy) is 1. The van der Waals surface area contributed by atoms with Crippen molar-refractivity contribution in [3.63, 3.8) is 0 Å². The summed E-state index contributed by atoms with van der Waals surface area (Å²) in [5.74, 6) is -0.955. The van der Waals surface area contributed by atoms with Crippen molar-refractivity contribution in [2.75, 3.05) is 7.11 Å². The minimum absolute atomic E-state index is 0.224. The molecule has 1 heterocycles. The lowest BCUT2D eigenvalue weighted by atomic mass is 10.2. The van der Waals surface area contributed by atoms with E-state index >= 15 is 0 Å². The second-order valence-corrected chi connectivity index (χ2v) is 3.10. The van der Waals surface area contributed by atoms with Crippen LogP contribution in [0.2, 0.25) is 0 Å². The summed E-state index contributed by atoms with van der Waals surface area (Å²) >= 11 is 0. The van der Waals surface area contributed by atoms with E-state index in [-0.39, 0.29) is 17.2 Å². The number of fused-ring (bicyclic) bond motifs is 1. The van der Waals surface area contributed by atoms with Gasteiger partial charge >= 0.3 is 5.97 Å². The largest absolute Gasteiger partial charge is 0.504 e. The molecule has 15 heavy (non-hydrogen) atoms. The van der Waals surface area contributed by atoms with Crippen molar-refractivity contribution in [1.29, 1.82) is 0 Å². The molecular weight excluding hydrogens is 198 g/mol. The third-order valence-corrected chi connectivity index (χ3v) is 2.12. The van der Waals surface area contributed by atoms with E-state index < -0.39 is 5.97 Å². The van der Waals surface area contributed by atoms with Crippen LogP contribution >= 0.6 is 0 Å². The normalized spacial score (nSPS) is 10.5. The number of hydrogen-bond donors (Lipinski definition) is 3. The highest BCUT2D eigenvalue weighted by molar-refractivity contribution is 5.95. The first-order chi connectivity index (χ1) is 7.11. The van der Waals surface area contributed by atoms with Gasteiger partial charge in [-0.05, 0) is 12.1 Å². The van der Waals surface area contributed by atoms with Crippen LogP contribution in [0.25, 0.3) is 10.9 Å². The average Bonchev–Trinajstić information content (AvgIpc) is 2.60. The number of phenols is 2. The Hall–Kier alpha value is -2.17. The number of benzene rings is 1. The summed E-state index contributed by atoms with van der Waals surface area (Å²) in [7, 11) is 1.28. The molecule has 0 saturated carbocycles. The van der Waals surface area contributed by atoms with Gasteiger partial charge < -0.3 is 19.9 Å². The number of methoxy groups -OCH3 is 1. The molecule has 2 aromatic rings. The Morgan fingerprint density at radius 3 is 2.60 bits per heavy atom. The molecule has 5 heteroatoms. The second kappa shape index (κ2) is 3.20. The molecule has 0 atom stereocenters. The maximum absolute atomic E-state index is 11.2. The fraction of sp³-hybridized carbons (Fsp3) is 0.100. The third kappa shape index (κ3) is 1.48. The van der Waals surface area contributed by atoms with Gasteiger partial charge in [0.05, 0.1) is 12.6 Å². The lowest BCUT2D eigenvalue weighted by Crippen LogP contribution is -2.00. The minimum Gasteiger partial charge on any atom is -0.504 e. The molecule has 2 rings (SSSR count). The molecule has 5 nitrogen and oxygen atoms in total. The summed E-state index contributed by atoms with van der Waals surface area (Å²) < 4.78 is 4.53. The average molecular weight is 207 g/mol. The summed E-state index contributed by atoms with van der Waals surface area (Å²) in [5.41, 5.74) is 0.836. The van der Waals surface area contributed by atoms with Gasteiger partial charge in [0.25, 0.3) is 0 Å². The zero-order valence-electron chi connectivity index (χ0n) is 7.94. The number of carbonyl (C=O) groups is 1. The standard InChI is InChI=1S/C10H9NO4/c1-15-10(14)7-2-5-3-8(12)9(13)4-6(5)11-7/h2-4,11-13H,1H3. The number of phenolic OH excluding ortho intramolecular Hbond substituents is 2. The number of nitrogens with one attached hydrogen (secondary N) is 1. The number of esters is 1. The van der Waals surface area contributed by atoms with Gasteiger partial charge in [-0.15, -0.1) is 0 Å². The molecule has 0 aliphatic rings. The number of aromatic hydroxyl groups is 2. The van der Waals surface area contributed by atoms with Crippen LogP contribution in [0.3, 0.4) is 0 Å². The minimum atomic E-state index is -0.495. The van der Waals surface area contributed by atoms with Crippen molar-refractivity contribution in [2.24, 2.45) is 0 Å². The molecule has 0 unspecified atom stereocenters. The monoisotopic (exact) mass is 207 g/mol. The van der Waals surface area contributed by atoms with E-state index in [1.807, 2.05) is 0 Å². The number of H-pyrrole nitrogens is 1. The molecule has 0 amide bonds. The molecule has 3 N–H and O–H groups in total. The number of carbonyl (C=O) groups excluding carboxylic acids is 1. The molecule has 0 aliphatic carbocycles. The highest BCUT2D eigenvalue weighted by atomic mass is 16.5. The Morgan fingerprint density at radius 1 is 1.27 bits per heavy atom. The van der Waals surface area contributed by atoms with Crippen molar-refractivity contribution in [1.82, 2.24) is 4.98 Å². The zero-order valence-corrected chi connectivity index (χ0v) is 7.94. The van der Waals surface area contributed by atoms with Crippen molar-refractivity contribution >= 4 is 16.9 Å². The molecule has 1 aromatic carbocycles. The molecule has 78 valence electrons. The van der Waals surface area contributed by atoms with Gasteiger partial charge in [-0.1, -0.05) is 0 Å². The number of rotatable bonds is 1. The molecule has 1 aromatic heterocycles. The summed E-state index contributed by atoms with van der Waals surface area (Å²) in [4.78, 5) is 13.9. The molecular formula is C10H9NO4. The van der Waals surface area contributed by atoms with E-state index in [4.69, 9.17) is 0 Å². The van der Waals surface area contributed by atoms with E-state index in [1.54, 1.807) is 6.07 Å². The van der Waals surface area contributed by atoms with Crippen LogP contribution in [-0.2, 0) is 4.74 Å². The molecule has 0 fully saturated rings. The number of hydrogen-bond acceptors (Lipinski definition) is 4. The Labute approximate surface area is 84.9 Å². The Balaban J connectivity index is 2.61. The van der Waals surface area contributed by atoms with E-state index in [0.29, 0.717) is 10.9 Å². The predicted octanol–water partition coefficient (Wildman–Crippen LogP) is 1.37. The predicted molar refractivity (Wildman–Crippen MR) is 53.0 cm³/mol. The van der Waals surface area contributed by atoms with Gasteiger partial charge in [-0.3, -0.25) is 0 Å². The quantitative estimate of drug-likeness (QED) is 0.487. The van der Waals surface area contributed by atoms with Crippen LogP contribution in [0.1, 0.15) is 10.5 Å². The van der Waals surface area contributed by atoms with Gasteiger partial charge in [0.1, 0.15) is 5.69 Å². The summed E-state index contributed by atoms with van der Waals surface area (Å²) in [6.45, 7) is 0. The number of aromatic nitrogens is 1. The van der Waals surface area contributed by atoms with Crippen LogP contribution in [0, 0.1) is 0 Å². The maximum atomic E-state index is 11.2.